The molecule has 0 spiro atoms. The fourth-order valence-electron chi connectivity index (χ4n) is 9.99. The molecule has 0 atom stereocenters. The third-order valence-corrected chi connectivity index (χ3v) is 14.8. The summed E-state index contributed by atoms with van der Waals surface area (Å²) < 4.78 is 5.45. The maximum absolute atomic E-state index is 2.44. The van der Waals surface area contributed by atoms with Crippen molar-refractivity contribution in [2.45, 2.75) is 0 Å². The van der Waals surface area contributed by atoms with Crippen molar-refractivity contribution in [3.8, 4) is 33.4 Å². The van der Waals surface area contributed by atoms with Crippen molar-refractivity contribution in [1.29, 1.82) is 0 Å². The molecule has 0 fully saturated rings. The molecule has 0 amide bonds. The zero-order valence-corrected chi connectivity index (χ0v) is 32.9. The van der Waals surface area contributed by atoms with Gasteiger partial charge in [0.2, 0.25) is 0 Å². The maximum Gasteiger partial charge on any atom is 0.0441 e. The largest absolute Gasteiger partial charge is 0.135 e. The lowest BCUT2D eigenvalue weighted by atomic mass is 9.83. The van der Waals surface area contributed by atoms with Crippen LogP contribution in [0, 0.1) is 0 Å². The third kappa shape index (κ3) is 4.50. The Morgan fingerprint density at radius 3 is 1.33 bits per heavy atom. The van der Waals surface area contributed by atoms with Gasteiger partial charge in [0.25, 0.3) is 0 Å². The van der Waals surface area contributed by atoms with Crippen molar-refractivity contribution in [3.05, 3.63) is 194 Å². The van der Waals surface area contributed by atoms with Gasteiger partial charge in [0.05, 0.1) is 0 Å². The van der Waals surface area contributed by atoms with E-state index in [0.29, 0.717) is 0 Å². The van der Waals surface area contributed by atoms with Crippen LogP contribution in [0.25, 0.3) is 128 Å². The summed E-state index contributed by atoms with van der Waals surface area (Å²) in [6.45, 7) is 0. The van der Waals surface area contributed by atoms with E-state index in [4.69, 9.17) is 0 Å². The SMILES string of the molecule is c1ccc2c(-c3c4ccccc4c(-c4ccc(-c5ccc6c(c5)sc5c7ccccc7c7sc8ccccc8c7c65)c5ccccc45)c4ccccc34)cccc2c1. The summed E-state index contributed by atoms with van der Waals surface area (Å²) in [6, 6.07) is 72.4. The molecule has 0 saturated carbocycles. The van der Waals surface area contributed by atoms with Crippen molar-refractivity contribution in [2.24, 2.45) is 0 Å². The van der Waals surface area contributed by atoms with Gasteiger partial charge < -0.3 is 0 Å². The Hall–Kier alpha value is -6.84. The lowest BCUT2D eigenvalue weighted by molar-refractivity contribution is 1.67. The van der Waals surface area contributed by atoms with Crippen LogP contribution >= 0.6 is 22.7 Å². The quantitative estimate of drug-likeness (QED) is 0.157. The van der Waals surface area contributed by atoms with E-state index in [1.165, 1.54) is 128 Å². The van der Waals surface area contributed by atoms with E-state index >= 15 is 0 Å². The Labute approximate surface area is 342 Å². The summed E-state index contributed by atoms with van der Waals surface area (Å²) in [6.07, 6.45) is 0. The average molecular weight is 769 g/mol. The molecule has 0 saturated heterocycles. The van der Waals surface area contributed by atoms with E-state index in [0.717, 1.165) is 0 Å². The van der Waals surface area contributed by atoms with Crippen molar-refractivity contribution in [2.75, 3.05) is 0 Å². The molecule has 2 aromatic heterocycles. The van der Waals surface area contributed by atoms with Crippen molar-refractivity contribution >= 4 is 117 Å². The van der Waals surface area contributed by atoms with Crippen molar-refractivity contribution in [1.82, 2.24) is 0 Å². The smallest absolute Gasteiger partial charge is 0.0441 e. The molecule has 0 aliphatic carbocycles. The fourth-order valence-corrected chi connectivity index (χ4v) is 12.5. The Morgan fingerprint density at radius 1 is 0.259 bits per heavy atom. The number of hydrogen-bond donors (Lipinski definition) is 0. The normalized spacial score (nSPS) is 12.1. The zero-order valence-electron chi connectivity index (χ0n) is 31.3. The minimum absolute atomic E-state index is 1.25. The van der Waals surface area contributed by atoms with E-state index < -0.39 is 0 Å². The first-order chi connectivity index (χ1) is 28.8. The van der Waals surface area contributed by atoms with Gasteiger partial charge in [-0.3, -0.25) is 0 Å². The molecule has 0 nitrogen and oxygen atoms in total. The van der Waals surface area contributed by atoms with Crippen LogP contribution in [0.15, 0.2) is 194 Å². The Morgan fingerprint density at radius 2 is 0.690 bits per heavy atom. The third-order valence-electron chi connectivity index (χ3n) is 12.4. The Balaban J connectivity index is 1.05. The monoisotopic (exact) mass is 768 g/mol. The van der Waals surface area contributed by atoms with Gasteiger partial charge in [-0.2, -0.15) is 0 Å². The van der Waals surface area contributed by atoms with Crippen LogP contribution in [0.4, 0.5) is 0 Å². The van der Waals surface area contributed by atoms with Gasteiger partial charge in [-0.15, -0.1) is 22.7 Å². The fraction of sp³-hybridized carbons (Fsp3) is 0. The molecule has 0 radical (unpaired) electrons. The highest BCUT2D eigenvalue weighted by molar-refractivity contribution is 7.29. The van der Waals surface area contributed by atoms with Gasteiger partial charge in [0.1, 0.15) is 0 Å². The highest BCUT2D eigenvalue weighted by Gasteiger charge is 2.22. The molecule has 268 valence electrons. The predicted octanol–water partition coefficient (Wildman–Crippen LogP) is 17.2. The molecule has 13 aromatic rings. The molecular formula is C56H32S2. The number of rotatable bonds is 3. The van der Waals surface area contributed by atoms with Crippen LogP contribution < -0.4 is 0 Å². The first-order valence-corrected chi connectivity index (χ1v) is 21.6. The first-order valence-electron chi connectivity index (χ1n) is 19.9. The molecule has 58 heavy (non-hydrogen) atoms. The molecule has 0 aliphatic rings. The number of hydrogen-bond acceptors (Lipinski definition) is 2. The highest BCUT2D eigenvalue weighted by atomic mass is 32.1. The minimum Gasteiger partial charge on any atom is -0.135 e. The summed E-state index contributed by atoms with van der Waals surface area (Å²) >= 11 is 3.86. The van der Waals surface area contributed by atoms with Crippen LogP contribution in [0.2, 0.25) is 0 Å². The average Bonchev–Trinajstić information content (AvgIpc) is 3.87. The maximum atomic E-state index is 2.44. The van der Waals surface area contributed by atoms with Crippen molar-refractivity contribution in [3.63, 3.8) is 0 Å². The second-order valence-corrected chi connectivity index (χ2v) is 17.5. The summed E-state index contributed by atoms with van der Waals surface area (Å²) in [5.74, 6) is 0. The number of fused-ring (bicyclic) bond motifs is 14. The van der Waals surface area contributed by atoms with Crippen LogP contribution in [-0.2, 0) is 0 Å². The van der Waals surface area contributed by atoms with Gasteiger partial charge in [-0.1, -0.05) is 182 Å². The summed E-state index contributed by atoms with van der Waals surface area (Å²) in [4.78, 5) is 0. The first kappa shape index (κ1) is 32.3. The Kier molecular flexibility index (Phi) is 6.86. The zero-order chi connectivity index (χ0) is 37.9. The van der Waals surface area contributed by atoms with Gasteiger partial charge in [0.15, 0.2) is 0 Å². The Bertz CT molecular complexity index is 3800. The topological polar surface area (TPSA) is 0 Å². The summed E-state index contributed by atoms with van der Waals surface area (Å²) in [7, 11) is 0. The minimum atomic E-state index is 1.25. The van der Waals surface area contributed by atoms with E-state index in [2.05, 4.69) is 194 Å². The summed E-state index contributed by atoms with van der Waals surface area (Å²) in [5.41, 5.74) is 7.63. The van der Waals surface area contributed by atoms with Crippen molar-refractivity contribution < 1.29 is 0 Å². The molecule has 0 unspecified atom stereocenters. The number of benzene rings is 11. The molecule has 0 N–H and O–H groups in total. The van der Waals surface area contributed by atoms with E-state index in [1.807, 2.05) is 22.7 Å². The molecular weight excluding hydrogens is 737 g/mol. The van der Waals surface area contributed by atoms with Crippen LogP contribution in [-0.4, -0.2) is 0 Å². The van der Waals surface area contributed by atoms with Gasteiger partial charge in [-0.25, -0.2) is 0 Å². The molecule has 2 heterocycles. The van der Waals surface area contributed by atoms with E-state index in [-0.39, 0.29) is 0 Å². The molecule has 0 bridgehead atoms. The molecule has 0 aliphatic heterocycles. The van der Waals surface area contributed by atoms with E-state index in [1.54, 1.807) is 0 Å². The second-order valence-electron chi connectivity index (χ2n) is 15.4. The lowest BCUT2D eigenvalue weighted by Crippen LogP contribution is -1.93. The number of thiophene rings is 2. The van der Waals surface area contributed by atoms with Crippen LogP contribution in [0.5, 0.6) is 0 Å². The molecule has 2 heteroatoms. The second kappa shape index (κ2) is 12.3. The highest BCUT2D eigenvalue weighted by Crippen LogP contribution is 2.51. The molecule has 11 aromatic carbocycles. The van der Waals surface area contributed by atoms with Gasteiger partial charge >= 0.3 is 0 Å². The standard InChI is InChI=1S/C56H32S2/c1-2-16-35-33(14-1)15-13-26-39(35)51-40-19-5-7-21-42(40)52(43-22-8-6-20-41(43)51)44-31-30-36(37-17-3-4-18-38(37)44)34-28-29-48-50(32-34)58-56-46-24-10-9-23-45(46)55-53(54(48)56)47-25-11-12-27-49(47)57-55/h1-32H. The summed E-state index contributed by atoms with van der Waals surface area (Å²) in [5, 5.41) is 18.3. The molecule has 13 rings (SSSR count). The van der Waals surface area contributed by atoms with Crippen LogP contribution in [0.1, 0.15) is 0 Å². The van der Waals surface area contributed by atoms with Gasteiger partial charge in [0, 0.05) is 51.1 Å². The van der Waals surface area contributed by atoms with Gasteiger partial charge in [-0.05, 0) is 88.6 Å². The predicted molar refractivity (Wildman–Crippen MR) is 256 cm³/mol. The lowest BCUT2D eigenvalue weighted by Gasteiger charge is -2.20. The van der Waals surface area contributed by atoms with E-state index in [9.17, 15) is 0 Å². The van der Waals surface area contributed by atoms with Crippen LogP contribution in [0.3, 0.4) is 0 Å².